The molecule has 0 saturated heterocycles. The summed E-state index contributed by atoms with van der Waals surface area (Å²) in [6, 6.07) is 15.9. The number of carbonyl (C=O) groups is 1. The zero-order valence-corrected chi connectivity index (χ0v) is 16.5. The number of hydrogen-bond donors (Lipinski definition) is 3. The summed E-state index contributed by atoms with van der Waals surface area (Å²) in [6.07, 6.45) is 4.33. The molecule has 4 aromatic rings. The summed E-state index contributed by atoms with van der Waals surface area (Å²) in [5.41, 5.74) is 5.83. The summed E-state index contributed by atoms with van der Waals surface area (Å²) < 4.78 is 0. The number of para-hydroxylation sites is 1. The normalized spacial score (nSPS) is 10.8. The quantitative estimate of drug-likeness (QED) is 0.462. The largest absolute Gasteiger partial charge is 0.361 e. The predicted octanol–water partition coefficient (Wildman–Crippen LogP) is 4.29. The number of H-pyrrole nitrogens is 1. The van der Waals surface area contributed by atoms with Crippen LogP contribution in [-0.4, -0.2) is 27.4 Å². The maximum Gasteiger partial charge on any atom is 0.270 e. The van der Waals surface area contributed by atoms with Crippen molar-refractivity contribution in [3.63, 3.8) is 0 Å². The molecular weight excluding hydrogens is 362 g/mol. The standard InChI is InChI=1S/C23H23N5O/c1-15-11-16(2)13-18(12-15)27-23-25-10-8-21(28-23)22(29)24-9-7-17-14-26-20-6-4-3-5-19(17)20/h3-6,8,10-14,26H,7,9H2,1-2H3,(H,24,29)(H,25,27,28). The first-order chi connectivity index (χ1) is 14.1. The molecule has 0 spiro atoms. The molecule has 0 atom stereocenters. The van der Waals surface area contributed by atoms with Gasteiger partial charge in [-0.1, -0.05) is 24.3 Å². The van der Waals surface area contributed by atoms with Gasteiger partial charge >= 0.3 is 0 Å². The number of amides is 1. The van der Waals surface area contributed by atoms with E-state index in [1.807, 2.05) is 50.4 Å². The average Bonchev–Trinajstić information content (AvgIpc) is 3.10. The van der Waals surface area contributed by atoms with Crippen LogP contribution < -0.4 is 10.6 Å². The number of anilines is 2. The SMILES string of the molecule is Cc1cc(C)cc(Nc2nccc(C(=O)NCCc3c[nH]c4ccccc34)n2)c1. The number of rotatable bonds is 6. The van der Waals surface area contributed by atoms with E-state index in [2.05, 4.69) is 37.7 Å². The summed E-state index contributed by atoms with van der Waals surface area (Å²) in [6.45, 7) is 4.61. The van der Waals surface area contributed by atoms with E-state index < -0.39 is 0 Å². The van der Waals surface area contributed by atoms with E-state index in [1.165, 1.54) is 10.9 Å². The molecule has 29 heavy (non-hydrogen) atoms. The van der Waals surface area contributed by atoms with Crippen LogP contribution in [0.1, 0.15) is 27.2 Å². The van der Waals surface area contributed by atoms with Crippen molar-refractivity contribution in [2.75, 3.05) is 11.9 Å². The lowest BCUT2D eigenvalue weighted by Gasteiger charge is -2.09. The Morgan fingerprint density at radius 3 is 2.69 bits per heavy atom. The highest BCUT2D eigenvalue weighted by molar-refractivity contribution is 5.92. The molecule has 6 heteroatoms. The topological polar surface area (TPSA) is 82.7 Å². The summed E-state index contributed by atoms with van der Waals surface area (Å²) >= 11 is 0. The fraction of sp³-hybridized carbons (Fsp3) is 0.174. The van der Waals surface area contributed by atoms with Gasteiger partial charge in [0.25, 0.3) is 5.91 Å². The molecule has 146 valence electrons. The second-order valence-corrected chi connectivity index (χ2v) is 7.13. The maximum absolute atomic E-state index is 12.5. The Kier molecular flexibility index (Phi) is 5.24. The molecule has 0 aliphatic carbocycles. The fourth-order valence-corrected chi connectivity index (χ4v) is 3.46. The van der Waals surface area contributed by atoms with Crippen LogP contribution >= 0.6 is 0 Å². The molecule has 1 amide bonds. The monoisotopic (exact) mass is 385 g/mol. The minimum absolute atomic E-state index is 0.212. The van der Waals surface area contributed by atoms with Gasteiger partial charge in [0.15, 0.2) is 0 Å². The number of hydrogen-bond acceptors (Lipinski definition) is 4. The van der Waals surface area contributed by atoms with Gasteiger partial charge in [-0.25, -0.2) is 9.97 Å². The Balaban J connectivity index is 1.39. The molecule has 6 nitrogen and oxygen atoms in total. The van der Waals surface area contributed by atoms with E-state index in [-0.39, 0.29) is 5.91 Å². The van der Waals surface area contributed by atoms with Crippen molar-refractivity contribution in [2.45, 2.75) is 20.3 Å². The van der Waals surface area contributed by atoms with Crippen LogP contribution in [-0.2, 0) is 6.42 Å². The molecule has 0 unspecified atom stereocenters. The fourth-order valence-electron chi connectivity index (χ4n) is 3.46. The van der Waals surface area contributed by atoms with Gasteiger partial charge in [0.05, 0.1) is 0 Å². The van der Waals surface area contributed by atoms with Crippen LogP contribution in [0.5, 0.6) is 0 Å². The van der Waals surface area contributed by atoms with E-state index in [0.717, 1.165) is 28.8 Å². The van der Waals surface area contributed by atoms with E-state index >= 15 is 0 Å². The van der Waals surface area contributed by atoms with Gasteiger partial charge in [-0.3, -0.25) is 4.79 Å². The molecule has 2 heterocycles. The highest BCUT2D eigenvalue weighted by Crippen LogP contribution is 2.18. The third-order valence-corrected chi connectivity index (χ3v) is 4.72. The first-order valence-electron chi connectivity index (χ1n) is 9.60. The van der Waals surface area contributed by atoms with Crippen molar-refractivity contribution in [2.24, 2.45) is 0 Å². The molecule has 3 N–H and O–H groups in total. The summed E-state index contributed by atoms with van der Waals surface area (Å²) in [5, 5.41) is 7.30. The number of carbonyl (C=O) groups excluding carboxylic acids is 1. The van der Waals surface area contributed by atoms with E-state index in [4.69, 9.17) is 0 Å². The lowest BCUT2D eigenvalue weighted by molar-refractivity contribution is 0.0949. The highest BCUT2D eigenvalue weighted by Gasteiger charge is 2.10. The molecule has 2 aromatic carbocycles. The van der Waals surface area contributed by atoms with Crippen LogP contribution in [0.25, 0.3) is 10.9 Å². The van der Waals surface area contributed by atoms with Gasteiger partial charge < -0.3 is 15.6 Å². The van der Waals surface area contributed by atoms with Gasteiger partial charge in [-0.05, 0) is 61.2 Å². The number of aromatic nitrogens is 3. The Morgan fingerprint density at radius 2 is 1.86 bits per heavy atom. The van der Waals surface area contributed by atoms with Gasteiger partial charge in [0, 0.05) is 35.5 Å². The average molecular weight is 385 g/mol. The zero-order valence-electron chi connectivity index (χ0n) is 16.5. The second kappa shape index (κ2) is 8.14. The third-order valence-electron chi connectivity index (χ3n) is 4.72. The van der Waals surface area contributed by atoms with Gasteiger partial charge in [0.2, 0.25) is 5.95 Å². The van der Waals surface area contributed by atoms with E-state index in [0.29, 0.717) is 18.2 Å². The number of nitrogens with zero attached hydrogens (tertiary/aromatic N) is 2. The first-order valence-corrected chi connectivity index (χ1v) is 9.60. The molecular formula is C23H23N5O. The van der Waals surface area contributed by atoms with E-state index in [9.17, 15) is 4.79 Å². The maximum atomic E-state index is 12.5. The molecule has 0 bridgehead atoms. The number of benzene rings is 2. The van der Waals surface area contributed by atoms with Crippen molar-refractivity contribution in [3.8, 4) is 0 Å². The van der Waals surface area contributed by atoms with Gasteiger partial charge in [0.1, 0.15) is 5.69 Å². The molecule has 2 aromatic heterocycles. The summed E-state index contributed by atoms with van der Waals surface area (Å²) in [4.78, 5) is 24.3. The Hall–Kier alpha value is -3.67. The summed E-state index contributed by atoms with van der Waals surface area (Å²) in [7, 11) is 0. The van der Waals surface area contributed by atoms with Crippen LogP contribution in [0.2, 0.25) is 0 Å². The Labute approximate surface area is 169 Å². The number of nitrogens with one attached hydrogen (secondary N) is 3. The minimum Gasteiger partial charge on any atom is -0.361 e. The molecule has 0 aliphatic rings. The highest BCUT2D eigenvalue weighted by atomic mass is 16.1. The van der Waals surface area contributed by atoms with Crippen LogP contribution in [0.15, 0.2) is 60.9 Å². The minimum atomic E-state index is -0.212. The van der Waals surface area contributed by atoms with Crippen molar-refractivity contribution in [3.05, 3.63) is 83.3 Å². The van der Waals surface area contributed by atoms with E-state index in [1.54, 1.807) is 12.3 Å². The third kappa shape index (κ3) is 4.43. The molecule has 0 saturated carbocycles. The summed E-state index contributed by atoms with van der Waals surface area (Å²) in [5.74, 6) is 0.190. The molecule has 0 fully saturated rings. The van der Waals surface area contributed by atoms with Crippen LogP contribution in [0.3, 0.4) is 0 Å². The van der Waals surface area contributed by atoms with Gasteiger partial charge in [-0.15, -0.1) is 0 Å². The Bertz CT molecular complexity index is 1140. The second-order valence-electron chi connectivity index (χ2n) is 7.13. The number of fused-ring (bicyclic) bond motifs is 1. The predicted molar refractivity (Wildman–Crippen MR) is 116 cm³/mol. The molecule has 0 aliphatic heterocycles. The van der Waals surface area contributed by atoms with Crippen molar-refractivity contribution in [1.82, 2.24) is 20.3 Å². The lowest BCUT2D eigenvalue weighted by Crippen LogP contribution is -2.26. The van der Waals surface area contributed by atoms with Crippen LogP contribution in [0, 0.1) is 13.8 Å². The first kappa shape index (κ1) is 18.7. The molecule has 4 rings (SSSR count). The van der Waals surface area contributed by atoms with Crippen molar-refractivity contribution < 1.29 is 4.79 Å². The van der Waals surface area contributed by atoms with Crippen LogP contribution in [0.4, 0.5) is 11.6 Å². The lowest BCUT2D eigenvalue weighted by atomic mass is 10.1. The zero-order chi connectivity index (χ0) is 20.2. The smallest absolute Gasteiger partial charge is 0.270 e. The number of aromatic amines is 1. The Morgan fingerprint density at radius 1 is 1.07 bits per heavy atom. The van der Waals surface area contributed by atoms with Crippen molar-refractivity contribution >= 4 is 28.4 Å². The number of aryl methyl sites for hydroxylation is 2. The van der Waals surface area contributed by atoms with Crippen molar-refractivity contribution in [1.29, 1.82) is 0 Å². The van der Waals surface area contributed by atoms with Gasteiger partial charge in [-0.2, -0.15) is 0 Å². The molecule has 0 radical (unpaired) electrons.